The van der Waals surface area contributed by atoms with Crippen LogP contribution in [0.3, 0.4) is 0 Å². The monoisotopic (exact) mass is 796 g/mol. The Labute approximate surface area is 324 Å². The predicted molar refractivity (Wildman–Crippen MR) is 204 cm³/mol. The first-order chi connectivity index (χ1) is 26.3. The standard InChI is InChI=1S/C39H40ClF3N6O5S/c1-5-21-18-52-32-28-31(45-36(46-34(28)49(21)22-8-6-13-51-17-22)53-19-39-11-7-12-48(39)16-20(41)14-39)30(43)27(29(32)40)23-9-10-25(42)33-26(23)24(15-44)35(55-33)47-37(50)54-38(2,3)4/h5,9-10,20-22H,1,6-8,11-14,16-19H2,2-4H3,(H,47,50)/t20-,21+,22?,39+/m1/s1. The van der Waals surface area contributed by atoms with E-state index in [1.165, 1.54) is 6.07 Å². The van der Waals surface area contributed by atoms with Gasteiger partial charge in [0.05, 0.1) is 44.9 Å². The van der Waals surface area contributed by atoms with Gasteiger partial charge in [-0.15, -0.1) is 17.9 Å². The quantitative estimate of drug-likeness (QED) is 0.182. The number of ether oxygens (including phenoxy) is 4. The number of carbonyl (C=O) groups excluding carboxylic acids is 1. The van der Waals surface area contributed by atoms with Gasteiger partial charge in [-0.2, -0.15) is 15.2 Å². The molecule has 0 aliphatic carbocycles. The summed E-state index contributed by atoms with van der Waals surface area (Å²) in [5, 5.41) is 13.1. The summed E-state index contributed by atoms with van der Waals surface area (Å²) in [6, 6.07) is 3.80. The van der Waals surface area contributed by atoms with Gasteiger partial charge in [0.15, 0.2) is 11.6 Å². The molecule has 1 N–H and O–H groups in total. The van der Waals surface area contributed by atoms with Crippen LogP contribution >= 0.6 is 22.9 Å². The molecule has 8 rings (SSSR count). The molecule has 3 fully saturated rings. The fourth-order valence-electron chi connectivity index (χ4n) is 8.45. The van der Waals surface area contributed by atoms with E-state index in [0.717, 1.165) is 49.6 Å². The molecule has 11 nitrogen and oxygen atoms in total. The van der Waals surface area contributed by atoms with Crippen molar-refractivity contribution in [1.29, 1.82) is 5.26 Å². The first-order valence-electron chi connectivity index (χ1n) is 18.3. The second kappa shape index (κ2) is 14.3. The molecule has 4 aliphatic heterocycles. The fraction of sp³-hybridized carbons (Fsp3) is 0.487. The highest BCUT2D eigenvalue weighted by Crippen LogP contribution is 2.52. The van der Waals surface area contributed by atoms with Crippen LogP contribution in [-0.4, -0.2) is 89.9 Å². The van der Waals surface area contributed by atoms with E-state index in [9.17, 15) is 14.4 Å². The Hall–Kier alpha value is -4.36. The smallest absolute Gasteiger partial charge is 0.412 e. The Bertz CT molecular complexity index is 2260. The maximum absolute atomic E-state index is 17.6. The minimum atomic E-state index is -0.981. The van der Waals surface area contributed by atoms with E-state index in [2.05, 4.69) is 27.8 Å². The molecule has 0 bridgehead atoms. The van der Waals surface area contributed by atoms with Gasteiger partial charge in [-0.1, -0.05) is 23.7 Å². The summed E-state index contributed by atoms with van der Waals surface area (Å²) < 4.78 is 71.8. The van der Waals surface area contributed by atoms with Crippen LogP contribution in [-0.2, 0) is 9.47 Å². The van der Waals surface area contributed by atoms with E-state index in [0.29, 0.717) is 32.0 Å². The van der Waals surface area contributed by atoms with E-state index < -0.39 is 41.1 Å². The van der Waals surface area contributed by atoms with Gasteiger partial charge >= 0.3 is 12.1 Å². The van der Waals surface area contributed by atoms with Crippen molar-refractivity contribution in [2.24, 2.45) is 0 Å². The second-order valence-corrected chi connectivity index (χ2v) is 16.9. The molecule has 2 aromatic carbocycles. The molecule has 290 valence electrons. The Kier molecular flexibility index (Phi) is 9.76. The molecule has 0 radical (unpaired) electrons. The van der Waals surface area contributed by atoms with Crippen LogP contribution in [0, 0.1) is 23.0 Å². The first kappa shape index (κ1) is 37.6. The number of amides is 1. The Morgan fingerprint density at radius 2 is 2.07 bits per heavy atom. The zero-order valence-electron chi connectivity index (χ0n) is 30.6. The van der Waals surface area contributed by atoms with Crippen molar-refractivity contribution < 1.29 is 36.9 Å². The first-order valence-corrected chi connectivity index (χ1v) is 19.5. The number of thiophene rings is 1. The van der Waals surface area contributed by atoms with Crippen molar-refractivity contribution in [3.05, 3.63) is 47.0 Å². The van der Waals surface area contributed by atoms with E-state index in [1.807, 2.05) is 4.90 Å². The summed E-state index contributed by atoms with van der Waals surface area (Å²) in [7, 11) is 0. The van der Waals surface area contributed by atoms with Gasteiger partial charge in [-0.25, -0.2) is 18.0 Å². The summed E-state index contributed by atoms with van der Waals surface area (Å²) in [6.45, 7) is 11.4. The van der Waals surface area contributed by atoms with Crippen LogP contribution in [0.5, 0.6) is 11.8 Å². The van der Waals surface area contributed by atoms with Crippen molar-refractivity contribution in [3.8, 4) is 29.0 Å². The second-order valence-electron chi connectivity index (χ2n) is 15.5. The number of rotatable bonds is 7. The maximum Gasteiger partial charge on any atom is 0.412 e. The molecule has 1 amide bonds. The molecule has 55 heavy (non-hydrogen) atoms. The van der Waals surface area contributed by atoms with E-state index in [-0.39, 0.29) is 78.7 Å². The van der Waals surface area contributed by atoms with E-state index in [4.69, 9.17) is 35.5 Å². The fourth-order valence-corrected chi connectivity index (χ4v) is 9.85. The zero-order chi connectivity index (χ0) is 38.8. The minimum absolute atomic E-state index is 0.00634. The zero-order valence-corrected chi connectivity index (χ0v) is 32.2. The van der Waals surface area contributed by atoms with Crippen LogP contribution < -0.4 is 19.7 Å². The number of aromatic nitrogens is 2. The Morgan fingerprint density at radius 3 is 2.80 bits per heavy atom. The number of anilines is 2. The highest BCUT2D eigenvalue weighted by Gasteiger charge is 2.49. The molecule has 3 saturated heterocycles. The maximum atomic E-state index is 17.6. The highest BCUT2D eigenvalue weighted by molar-refractivity contribution is 7.23. The topological polar surface area (TPSA) is 122 Å². The largest absolute Gasteiger partial charge is 0.489 e. The lowest BCUT2D eigenvalue weighted by atomic mass is 9.95. The molecular formula is C39H40ClF3N6O5S. The van der Waals surface area contributed by atoms with Gasteiger partial charge in [0.1, 0.15) is 53.2 Å². The van der Waals surface area contributed by atoms with E-state index in [1.54, 1.807) is 26.8 Å². The van der Waals surface area contributed by atoms with Crippen molar-refractivity contribution in [2.75, 3.05) is 49.7 Å². The van der Waals surface area contributed by atoms with Gasteiger partial charge in [0, 0.05) is 30.5 Å². The molecule has 2 aromatic heterocycles. The summed E-state index contributed by atoms with van der Waals surface area (Å²) in [4.78, 5) is 26.4. The third-order valence-electron chi connectivity index (χ3n) is 10.8. The van der Waals surface area contributed by atoms with Crippen molar-refractivity contribution in [3.63, 3.8) is 0 Å². The van der Waals surface area contributed by atoms with Gasteiger partial charge < -0.3 is 23.8 Å². The van der Waals surface area contributed by atoms with E-state index >= 15 is 8.78 Å². The van der Waals surface area contributed by atoms with Crippen molar-refractivity contribution in [1.82, 2.24) is 14.9 Å². The highest BCUT2D eigenvalue weighted by atomic mass is 35.5. The molecule has 6 heterocycles. The molecular weight excluding hydrogens is 757 g/mol. The number of nitrogens with zero attached hydrogens (tertiary/aromatic N) is 5. The van der Waals surface area contributed by atoms with Gasteiger partial charge in [-0.05, 0) is 64.6 Å². The number of nitriles is 1. The summed E-state index contributed by atoms with van der Waals surface area (Å²) >= 11 is 7.98. The number of carbonyl (C=O) groups is 1. The number of hydrogen-bond donors (Lipinski definition) is 1. The third-order valence-corrected chi connectivity index (χ3v) is 12.2. The summed E-state index contributed by atoms with van der Waals surface area (Å²) in [6.07, 6.45) is 3.42. The number of halogens is 4. The molecule has 4 aromatic rings. The molecule has 16 heteroatoms. The van der Waals surface area contributed by atoms with Gasteiger partial charge in [0.25, 0.3) is 0 Å². The Balaban J connectivity index is 1.33. The molecule has 0 saturated carbocycles. The lowest BCUT2D eigenvalue weighted by molar-refractivity contribution is 0.0636. The normalized spacial score (nSPS) is 24.0. The molecule has 1 unspecified atom stereocenters. The van der Waals surface area contributed by atoms with Crippen molar-refractivity contribution >= 4 is 60.8 Å². The van der Waals surface area contributed by atoms with Crippen molar-refractivity contribution in [2.45, 2.75) is 82.3 Å². The number of nitrogens with one attached hydrogen (secondary N) is 1. The van der Waals surface area contributed by atoms with Crippen LogP contribution in [0.1, 0.15) is 58.4 Å². The predicted octanol–water partition coefficient (Wildman–Crippen LogP) is 8.55. The van der Waals surface area contributed by atoms with Crippen LogP contribution in [0.2, 0.25) is 5.02 Å². The van der Waals surface area contributed by atoms with Gasteiger partial charge in [-0.3, -0.25) is 10.2 Å². The number of alkyl halides is 1. The third kappa shape index (κ3) is 6.60. The van der Waals surface area contributed by atoms with Crippen LogP contribution in [0.4, 0.5) is 28.8 Å². The lowest BCUT2D eigenvalue weighted by Crippen LogP contribution is -2.49. The van der Waals surface area contributed by atoms with Crippen LogP contribution in [0.25, 0.3) is 32.1 Å². The average molecular weight is 797 g/mol. The SMILES string of the molecule is C=C[C@H]1COc2c(Cl)c(-c3ccc(F)c4sc(NC(=O)OC(C)(C)C)c(C#N)c34)c(F)c3nc(OC[C@@]45CCCN4C[C@H](F)C5)nc(c23)N1C1CCCOC1. The number of benzene rings is 2. The minimum Gasteiger partial charge on any atom is -0.489 e. The summed E-state index contributed by atoms with van der Waals surface area (Å²) in [5.74, 6) is -1.16. The number of hydrogen-bond acceptors (Lipinski definition) is 11. The van der Waals surface area contributed by atoms with Crippen LogP contribution in [0.15, 0.2) is 24.8 Å². The van der Waals surface area contributed by atoms with Gasteiger partial charge in [0.2, 0.25) is 0 Å². The summed E-state index contributed by atoms with van der Waals surface area (Å²) in [5.41, 5.74) is -1.76. The molecule has 0 spiro atoms. The lowest BCUT2D eigenvalue weighted by Gasteiger charge is -2.38. The Morgan fingerprint density at radius 1 is 1.25 bits per heavy atom. The molecule has 4 atom stereocenters. The average Bonchev–Trinajstić information content (AvgIpc) is 3.76. The number of fused-ring (bicyclic) bond motifs is 2. The molecule has 4 aliphatic rings.